The van der Waals surface area contributed by atoms with Crippen LogP contribution in [-0.2, 0) is 0 Å². The summed E-state index contributed by atoms with van der Waals surface area (Å²) in [6, 6.07) is 0. The van der Waals surface area contributed by atoms with E-state index in [9.17, 15) is 0 Å². The topological polar surface area (TPSA) is 15.3 Å². The van der Waals surface area contributed by atoms with E-state index < -0.39 is 0 Å². The third-order valence-electron chi connectivity index (χ3n) is 5.28. The van der Waals surface area contributed by atoms with Crippen molar-refractivity contribution in [3.63, 3.8) is 0 Å². The number of hydrogen-bond donors (Lipinski definition) is 1. The van der Waals surface area contributed by atoms with Crippen molar-refractivity contribution in [2.45, 2.75) is 65.7 Å². The fourth-order valence-electron chi connectivity index (χ4n) is 4.14. The summed E-state index contributed by atoms with van der Waals surface area (Å²) < 4.78 is 0. The van der Waals surface area contributed by atoms with Gasteiger partial charge in [-0.3, -0.25) is 0 Å². The van der Waals surface area contributed by atoms with Gasteiger partial charge in [0.15, 0.2) is 0 Å². The lowest BCUT2D eigenvalue weighted by Crippen LogP contribution is -2.44. The Morgan fingerprint density at radius 3 is 2.40 bits per heavy atom. The van der Waals surface area contributed by atoms with E-state index in [4.69, 9.17) is 0 Å². The molecule has 1 saturated carbocycles. The minimum Gasteiger partial charge on any atom is -0.316 e. The zero-order valence-corrected chi connectivity index (χ0v) is 14.1. The second-order valence-corrected chi connectivity index (χ2v) is 8.07. The van der Waals surface area contributed by atoms with Gasteiger partial charge in [0.25, 0.3) is 0 Å². The molecule has 20 heavy (non-hydrogen) atoms. The zero-order valence-electron chi connectivity index (χ0n) is 14.1. The van der Waals surface area contributed by atoms with Crippen molar-refractivity contribution in [1.82, 2.24) is 10.2 Å². The lowest BCUT2D eigenvalue weighted by atomic mass is 9.79. The van der Waals surface area contributed by atoms with E-state index >= 15 is 0 Å². The van der Waals surface area contributed by atoms with Crippen LogP contribution in [0.5, 0.6) is 0 Å². The molecule has 1 saturated heterocycles. The van der Waals surface area contributed by atoms with Gasteiger partial charge in [0.2, 0.25) is 0 Å². The number of likely N-dealkylation sites (tertiary alicyclic amines) is 1. The Labute approximate surface area is 126 Å². The van der Waals surface area contributed by atoms with Crippen LogP contribution < -0.4 is 5.32 Å². The second kappa shape index (κ2) is 7.79. The second-order valence-electron chi connectivity index (χ2n) is 8.07. The van der Waals surface area contributed by atoms with Gasteiger partial charge in [-0.05, 0) is 49.6 Å². The quantitative estimate of drug-likeness (QED) is 0.742. The van der Waals surface area contributed by atoms with Crippen LogP contribution >= 0.6 is 0 Å². The van der Waals surface area contributed by atoms with Gasteiger partial charge in [-0.25, -0.2) is 0 Å². The highest BCUT2D eigenvalue weighted by atomic mass is 15.2. The first-order valence-electron chi connectivity index (χ1n) is 9.03. The molecule has 0 aromatic rings. The van der Waals surface area contributed by atoms with Crippen LogP contribution in [-0.4, -0.2) is 37.6 Å². The SMILES string of the molecule is CC(C)CNCC1(CN2CCC(C)C2)CCCCCC1. The summed E-state index contributed by atoms with van der Waals surface area (Å²) in [5.41, 5.74) is 0.565. The summed E-state index contributed by atoms with van der Waals surface area (Å²) in [6.07, 6.45) is 10.1. The molecule has 1 heterocycles. The fraction of sp³-hybridized carbons (Fsp3) is 1.00. The average molecular weight is 280 g/mol. The highest BCUT2D eigenvalue weighted by Gasteiger charge is 2.34. The Morgan fingerprint density at radius 2 is 1.85 bits per heavy atom. The van der Waals surface area contributed by atoms with E-state index in [1.165, 1.54) is 77.7 Å². The van der Waals surface area contributed by atoms with Gasteiger partial charge in [0, 0.05) is 19.6 Å². The standard InChI is InChI=1S/C18H36N2/c1-16(2)12-19-14-18(9-6-4-5-7-10-18)15-20-11-8-17(3)13-20/h16-17,19H,4-15H2,1-3H3. The molecule has 1 N–H and O–H groups in total. The summed E-state index contributed by atoms with van der Waals surface area (Å²) in [5, 5.41) is 3.78. The number of rotatable bonds is 6. The molecule has 0 radical (unpaired) electrons. The molecule has 0 aromatic heterocycles. The third-order valence-corrected chi connectivity index (χ3v) is 5.28. The first-order valence-corrected chi connectivity index (χ1v) is 9.03. The Balaban J connectivity index is 1.91. The highest BCUT2D eigenvalue weighted by Crippen LogP contribution is 2.36. The van der Waals surface area contributed by atoms with Crippen LogP contribution in [0.1, 0.15) is 65.7 Å². The lowest BCUT2D eigenvalue weighted by molar-refractivity contribution is 0.142. The Hall–Kier alpha value is -0.0800. The van der Waals surface area contributed by atoms with E-state index in [2.05, 4.69) is 31.0 Å². The van der Waals surface area contributed by atoms with Crippen molar-refractivity contribution in [1.29, 1.82) is 0 Å². The molecule has 2 aliphatic rings. The Kier molecular flexibility index (Phi) is 6.35. The predicted molar refractivity (Wildman–Crippen MR) is 88.1 cm³/mol. The van der Waals surface area contributed by atoms with Crippen molar-refractivity contribution >= 4 is 0 Å². The summed E-state index contributed by atoms with van der Waals surface area (Å²) >= 11 is 0. The van der Waals surface area contributed by atoms with Crippen LogP contribution in [0.2, 0.25) is 0 Å². The number of nitrogens with zero attached hydrogens (tertiary/aromatic N) is 1. The molecule has 1 aliphatic carbocycles. The first-order chi connectivity index (χ1) is 9.60. The molecule has 2 fully saturated rings. The van der Waals surface area contributed by atoms with Crippen LogP contribution in [0.25, 0.3) is 0 Å². The van der Waals surface area contributed by atoms with E-state index in [0.717, 1.165) is 11.8 Å². The molecule has 1 atom stereocenters. The third kappa shape index (κ3) is 5.04. The van der Waals surface area contributed by atoms with Gasteiger partial charge in [-0.2, -0.15) is 0 Å². The molecule has 118 valence electrons. The van der Waals surface area contributed by atoms with Gasteiger partial charge in [0.1, 0.15) is 0 Å². The van der Waals surface area contributed by atoms with Gasteiger partial charge in [-0.1, -0.05) is 46.5 Å². The maximum Gasteiger partial charge on any atom is 0.00503 e. The normalized spacial score (nSPS) is 27.9. The van der Waals surface area contributed by atoms with E-state index in [-0.39, 0.29) is 0 Å². The summed E-state index contributed by atoms with van der Waals surface area (Å²) in [4.78, 5) is 2.76. The molecule has 0 bridgehead atoms. The monoisotopic (exact) mass is 280 g/mol. The molecule has 0 amide bonds. The van der Waals surface area contributed by atoms with Gasteiger partial charge < -0.3 is 10.2 Å². The van der Waals surface area contributed by atoms with E-state index in [1.54, 1.807) is 0 Å². The molecule has 0 spiro atoms. The fourth-order valence-corrected chi connectivity index (χ4v) is 4.14. The molecule has 1 unspecified atom stereocenters. The maximum atomic E-state index is 3.78. The van der Waals surface area contributed by atoms with Crippen LogP contribution in [0.15, 0.2) is 0 Å². The van der Waals surface area contributed by atoms with Gasteiger partial charge in [-0.15, -0.1) is 0 Å². The number of nitrogens with one attached hydrogen (secondary N) is 1. The molecular formula is C18H36N2. The largest absolute Gasteiger partial charge is 0.316 e. The molecule has 2 rings (SSSR count). The predicted octanol–water partition coefficient (Wildman–Crippen LogP) is 3.91. The first kappa shape index (κ1) is 16.3. The molecule has 1 aliphatic heterocycles. The summed E-state index contributed by atoms with van der Waals surface area (Å²) in [6.45, 7) is 13.5. The Morgan fingerprint density at radius 1 is 1.15 bits per heavy atom. The van der Waals surface area contributed by atoms with Gasteiger partial charge >= 0.3 is 0 Å². The van der Waals surface area contributed by atoms with Crippen molar-refractivity contribution in [3.05, 3.63) is 0 Å². The molecular weight excluding hydrogens is 244 g/mol. The summed E-state index contributed by atoms with van der Waals surface area (Å²) in [5.74, 6) is 1.69. The minimum atomic E-state index is 0.565. The Bertz CT molecular complexity index is 267. The van der Waals surface area contributed by atoms with Crippen molar-refractivity contribution in [2.24, 2.45) is 17.3 Å². The van der Waals surface area contributed by atoms with E-state index in [1.807, 2.05) is 0 Å². The highest BCUT2D eigenvalue weighted by molar-refractivity contribution is 4.89. The number of hydrogen-bond acceptors (Lipinski definition) is 2. The van der Waals surface area contributed by atoms with Crippen LogP contribution in [0.4, 0.5) is 0 Å². The molecule has 0 aromatic carbocycles. The van der Waals surface area contributed by atoms with Gasteiger partial charge in [0.05, 0.1) is 0 Å². The van der Waals surface area contributed by atoms with Crippen molar-refractivity contribution in [2.75, 3.05) is 32.7 Å². The lowest BCUT2D eigenvalue weighted by Gasteiger charge is -2.37. The molecule has 2 nitrogen and oxygen atoms in total. The van der Waals surface area contributed by atoms with E-state index in [0.29, 0.717) is 5.41 Å². The van der Waals surface area contributed by atoms with Crippen LogP contribution in [0, 0.1) is 17.3 Å². The minimum absolute atomic E-state index is 0.565. The zero-order chi connectivity index (χ0) is 14.4. The smallest absolute Gasteiger partial charge is 0.00503 e. The average Bonchev–Trinajstić information content (AvgIpc) is 2.65. The van der Waals surface area contributed by atoms with Crippen LogP contribution in [0.3, 0.4) is 0 Å². The maximum absolute atomic E-state index is 3.78. The van der Waals surface area contributed by atoms with Crippen molar-refractivity contribution < 1.29 is 0 Å². The van der Waals surface area contributed by atoms with Crippen molar-refractivity contribution in [3.8, 4) is 0 Å². The summed E-state index contributed by atoms with van der Waals surface area (Å²) in [7, 11) is 0. The molecule has 2 heteroatoms.